The van der Waals surface area contributed by atoms with E-state index in [0.29, 0.717) is 24.0 Å². The smallest absolute Gasteiger partial charge is 0.381 e. The lowest BCUT2D eigenvalue weighted by atomic mass is 9.97. The fourth-order valence-electron chi connectivity index (χ4n) is 2.94. The van der Waals surface area contributed by atoms with E-state index in [-0.39, 0.29) is 22.7 Å². The summed E-state index contributed by atoms with van der Waals surface area (Å²) in [6.45, 7) is 1.25. The third-order valence-electron chi connectivity index (χ3n) is 4.29. The zero-order valence-electron chi connectivity index (χ0n) is 13.1. The van der Waals surface area contributed by atoms with Crippen LogP contribution in [-0.2, 0) is 9.57 Å². The molecule has 2 aliphatic rings. The Balaban J connectivity index is 1.49. The maximum absolute atomic E-state index is 12.2. The number of carbonyl (C=O) groups excluding carboxylic acids is 3. The van der Waals surface area contributed by atoms with Crippen molar-refractivity contribution >= 4 is 17.8 Å². The van der Waals surface area contributed by atoms with Crippen molar-refractivity contribution in [1.29, 1.82) is 0 Å². The molecular formula is C17H14N2O6. The fourth-order valence-corrected chi connectivity index (χ4v) is 2.94. The number of fused-ring (bicyclic) bond motifs is 1. The first-order valence-corrected chi connectivity index (χ1v) is 7.89. The highest BCUT2D eigenvalue weighted by Gasteiger charge is 2.39. The van der Waals surface area contributed by atoms with Gasteiger partial charge in [0.2, 0.25) is 0 Å². The van der Waals surface area contributed by atoms with Gasteiger partial charge in [0.1, 0.15) is 5.76 Å². The van der Waals surface area contributed by atoms with Gasteiger partial charge in [-0.05, 0) is 25.0 Å². The predicted octanol–water partition coefficient (Wildman–Crippen LogP) is 1.94. The quantitative estimate of drug-likeness (QED) is 0.786. The van der Waals surface area contributed by atoms with Crippen molar-refractivity contribution in [2.24, 2.45) is 0 Å². The van der Waals surface area contributed by atoms with E-state index in [4.69, 9.17) is 14.1 Å². The van der Waals surface area contributed by atoms with Gasteiger partial charge >= 0.3 is 5.97 Å². The Bertz CT molecular complexity index is 817. The van der Waals surface area contributed by atoms with Gasteiger partial charge in [-0.25, -0.2) is 4.79 Å². The van der Waals surface area contributed by atoms with Gasteiger partial charge in [0.15, 0.2) is 5.69 Å². The lowest BCUT2D eigenvalue weighted by Gasteiger charge is -2.18. The molecule has 1 fully saturated rings. The fraction of sp³-hybridized carbons (Fsp3) is 0.294. The summed E-state index contributed by atoms with van der Waals surface area (Å²) >= 11 is 0. The number of amides is 2. The van der Waals surface area contributed by atoms with Gasteiger partial charge in [-0.2, -0.15) is 0 Å². The molecule has 0 bridgehead atoms. The van der Waals surface area contributed by atoms with Crippen LogP contribution in [0.4, 0.5) is 0 Å². The van der Waals surface area contributed by atoms with Crippen molar-refractivity contribution < 1.29 is 28.5 Å². The molecule has 8 heteroatoms. The van der Waals surface area contributed by atoms with Crippen molar-refractivity contribution in [2.45, 2.75) is 18.8 Å². The van der Waals surface area contributed by atoms with E-state index in [1.165, 1.54) is 18.2 Å². The number of hydrogen-bond donors (Lipinski definition) is 0. The lowest BCUT2D eigenvalue weighted by molar-refractivity contribution is -0.0590. The highest BCUT2D eigenvalue weighted by Crippen LogP contribution is 2.28. The summed E-state index contributed by atoms with van der Waals surface area (Å²) in [5, 5.41) is 4.15. The van der Waals surface area contributed by atoms with Crippen LogP contribution in [0.3, 0.4) is 0 Å². The van der Waals surface area contributed by atoms with Crippen LogP contribution in [0.15, 0.2) is 34.9 Å². The van der Waals surface area contributed by atoms with Crippen LogP contribution in [0.1, 0.15) is 55.7 Å². The van der Waals surface area contributed by atoms with Crippen LogP contribution >= 0.6 is 0 Å². The van der Waals surface area contributed by atoms with Crippen LogP contribution in [0, 0.1) is 0 Å². The summed E-state index contributed by atoms with van der Waals surface area (Å²) in [5.41, 5.74) is 0.310. The molecule has 2 aromatic rings. The first-order chi connectivity index (χ1) is 12.1. The molecule has 1 saturated heterocycles. The number of imide groups is 1. The van der Waals surface area contributed by atoms with Crippen molar-refractivity contribution in [3.05, 3.63) is 52.9 Å². The van der Waals surface area contributed by atoms with E-state index < -0.39 is 17.8 Å². The van der Waals surface area contributed by atoms with Gasteiger partial charge in [-0.1, -0.05) is 22.4 Å². The molecule has 0 atom stereocenters. The average molecular weight is 342 g/mol. The highest BCUT2D eigenvalue weighted by molar-refractivity contribution is 6.21. The Labute approximate surface area is 142 Å². The second kappa shape index (κ2) is 6.14. The molecule has 128 valence electrons. The summed E-state index contributed by atoms with van der Waals surface area (Å²) in [7, 11) is 0. The van der Waals surface area contributed by atoms with Crippen molar-refractivity contribution in [3.63, 3.8) is 0 Å². The molecule has 2 amide bonds. The van der Waals surface area contributed by atoms with Gasteiger partial charge in [0.25, 0.3) is 11.8 Å². The number of hydrogen-bond acceptors (Lipinski definition) is 7. The molecule has 0 unspecified atom stereocenters. The SMILES string of the molecule is O=C(ON1C(=O)c2ccccc2C1=O)c1cc(C2CCOCC2)on1. The summed E-state index contributed by atoms with van der Waals surface area (Å²) in [4.78, 5) is 41.6. The minimum atomic E-state index is -0.920. The van der Waals surface area contributed by atoms with Gasteiger partial charge < -0.3 is 14.1 Å². The van der Waals surface area contributed by atoms with Crippen molar-refractivity contribution in [2.75, 3.05) is 13.2 Å². The van der Waals surface area contributed by atoms with Gasteiger partial charge in [-0.15, -0.1) is 0 Å². The second-order valence-electron chi connectivity index (χ2n) is 5.83. The van der Waals surface area contributed by atoms with Crippen LogP contribution in [-0.4, -0.2) is 41.2 Å². The first kappa shape index (κ1) is 15.5. The number of carbonyl (C=O) groups is 3. The molecule has 0 aliphatic carbocycles. The Kier molecular flexibility index (Phi) is 3.81. The lowest BCUT2D eigenvalue weighted by Crippen LogP contribution is -2.32. The van der Waals surface area contributed by atoms with Crippen LogP contribution in [0.5, 0.6) is 0 Å². The minimum Gasteiger partial charge on any atom is -0.381 e. The Morgan fingerprint density at radius 1 is 1.12 bits per heavy atom. The zero-order valence-corrected chi connectivity index (χ0v) is 13.1. The Hall–Kier alpha value is -3.00. The highest BCUT2D eigenvalue weighted by atomic mass is 16.7. The van der Waals surface area contributed by atoms with E-state index in [2.05, 4.69) is 5.16 Å². The van der Waals surface area contributed by atoms with Crippen molar-refractivity contribution in [1.82, 2.24) is 10.2 Å². The summed E-state index contributed by atoms with van der Waals surface area (Å²) in [6, 6.07) is 7.75. The van der Waals surface area contributed by atoms with Crippen LogP contribution < -0.4 is 0 Å². The molecule has 0 N–H and O–H groups in total. The number of aromatic nitrogens is 1. The normalized spacial score (nSPS) is 17.7. The molecule has 4 rings (SSSR count). The third-order valence-corrected chi connectivity index (χ3v) is 4.29. The van der Waals surface area contributed by atoms with E-state index in [1.54, 1.807) is 12.1 Å². The van der Waals surface area contributed by atoms with E-state index in [1.807, 2.05) is 0 Å². The number of benzene rings is 1. The Morgan fingerprint density at radius 2 is 1.76 bits per heavy atom. The predicted molar refractivity (Wildman–Crippen MR) is 81.7 cm³/mol. The van der Waals surface area contributed by atoms with Crippen molar-refractivity contribution in [3.8, 4) is 0 Å². The molecule has 3 heterocycles. The van der Waals surface area contributed by atoms with Gasteiger partial charge in [0.05, 0.1) is 11.1 Å². The van der Waals surface area contributed by atoms with E-state index in [0.717, 1.165) is 12.8 Å². The number of hydroxylamine groups is 2. The average Bonchev–Trinajstić information content (AvgIpc) is 3.23. The first-order valence-electron chi connectivity index (χ1n) is 7.89. The molecule has 0 radical (unpaired) electrons. The molecule has 2 aliphatic heterocycles. The molecular weight excluding hydrogens is 328 g/mol. The number of rotatable bonds is 3. The molecule has 1 aromatic carbocycles. The molecule has 0 saturated carbocycles. The van der Waals surface area contributed by atoms with Crippen LogP contribution in [0.2, 0.25) is 0 Å². The van der Waals surface area contributed by atoms with E-state index >= 15 is 0 Å². The monoisotopic (exact) mass is 342 g/mol. The Morgan fingerprint density at radius 3 is 2.40 bits per heavy atom. The maximum atomic E-state index is 12.2. The molecule has 1 aromatic heterocycles. The van der Waals surface area contributed by atoms with Gasteiger partial charge in [-0.3, -0.25) is 9.59 Å². The minimum absolute atomic E-state index is 0.0851. The van der Waals surface area contributed by atoms with Crippen LogP contribution in [0.25, 0.3) is 0 Å². The van der Waals surface area contributed by atoms with E-state index in [9.17, 15) is 14.4 Å². The summed E-state index contributed by atoms with van der Waals surface area (Å²) in [6.07, 6.45) is 1.56. The third kappa shape index (κ3) is 2.70. The standard InChI is InChI=1S/C17H14N2O6/c20-15-11-3-1-2-4-12(11)16(21)19(15)25-17(22)13-9-14(24-18-13)10-5-7-23-8-6-10/h1-4,9-10H,5-8H2. The topological polar surface area (TPSA) is 98.9 Å². The molecule has 0 spiro atoms. The van der Waals surface area contributed by atoms with Gasteiger partial charge in [0, 0.05) is 25.2 Å². The largest absolute Gasteiger partial charge is 0.385 e. The molecule has 25 heavy (non-hydrogen) atoms. The summed E-state index contributed by atoms with van der Waals surface area (Å²) < 4.78 is 10.5. The number of ether oxygens (including phenoxy) is 1. The second-order valence-corrected chi connectivity index (χ2v) is 5.83. The molecule has 8 nitrogen and oxygen atoms in total. The zero-order chi connectivity index (χ0) is 17.4. The summed E-state index contributed by atoms with van der Waals surface area (Å²) in [5.74, 6) is -1.58. The number of nitrogens with zero attached hydrogens (tertiary/aromatic N) is 2. The maximum Gasteiger partial charge on any atom is 0.385 e.